The molecule has 1 aliphatic rings. The molecule has 1 aliphatic carbocycles. The molecule has 1 saturated carbocycles. The molecule has 4 nitrogen and oxygen atoms in total. The van der Waals surface area contributed by atoms with Crippen LogP contribution in [0.3, 0.4) is 0 Å². The minimum absolute atomic E-state index is 0.00422. The standard InChI is InChI=1S/C14H19F2N3O/c1-2-3-6-19(10-4-5-10)13-11(15)7-9(8-12(13)16)14(17)18-20/h7-8,10,20H,2-6H2,1H3,(H2,17,18). The molecule has 1 fully saturated rings. The Labute approximate surface area is 116 Å². The molecule has 0 aromatic heterocycles. The first-order valence-corrected chi connectivity index (χ1v) is 6.82. The highest BCUT2D eigenvalue weighted by Crippen LogP contribution is 2.35. The topological polar surface area (TPSA) is 61.8 Å². The van der Waals surface area contributed by atoms with Gasteiger partial charge in [-0.25, -0.2) is 8.78 Å². The molecule has 0 heterocycles. The number of rotatable bonds is 6. The fraction of sp³-hybridized carbons (Fsp3) is 0.500. The van der Waals surface area contributed by atoms with Gasteiger partial charge >= 0.3 is 0 Å². The molecular formula is C14H19F2N3O. The van der Waals surface area contributed by atoms with E-state index < -0.39 is 11.6 Å². The van der Waals surface area contributed by atoms with Crippen LogP contribution in [0.25, 0.3) is 0 Å². The third-order valence-electron chi connectivity index (χ3n) is 3.45. The van der Waals surface area contributed by atoms with Gasteiger partial charge in [-0.1, -0.05) is 18.5 Å². The highest BCUT2D eigenvalue weighted by molar-refractivity contribution is 5.97. The highest BCUT2D eigenvalue weighted by atomic mass is 19.1. The monoisotopic (exact) mass is 283 g/mol. The van der Waals surface area contributed by atoms with Gasteiger partial charge in [0.15, 0.2) is 5.84 Å². The Morgan fingerprint density at radius 2 is 2.00 bits per heavy atom. The van der Waals surface area contributed by atoms with Gasteiger partial charge in [-0.3, -0.25) is 0 Å². The number of nitrogens with two attached hydrogens (primary N) is 1. The van der Waals surface area contributed by atoms with E-state index in [-0.39, 0.29) is 23.1 Å². The molecule has 3 N–H and O–H groups in total. The summed E-state index contributed by atoms with van der Waals surface area (Å²) in [5.41, 5.74) is 5.40. The summed E-state index contributed by atoms with van der Waals surface area (Å²) in [5, 5.41) is 11.3. The fourth-order valence-corrected chi connectivity index (χ4v) is 2.24. The normalized spacial score (nSPS) is 15.4. The molecular weight excluding hydrogens is 264 g/mol. The summed E-state index contributed by atoms with van der Waals surface area (Å²) in [6, 6.07) is 2.43. The molecule has 110 valence electrons. The van der Waals surface area contributed by atoms with E-state index in [2.05, 4.69) is 5.16 Å². The largest absolute Gasteiger partial charge is 0.409 e. The number of nitrogens with zero attached hydrogens (tertiary/aromatic N) is 2. The zero-order valence-corrected chi connectivity index (χ0v) is 11.4. The first-order chi connectivity index (χ1) is 9.58. The van der Waals surface area contributed by atoms with Crippen molar-refractivity contribution in [2.24, 2.45) is 10.9 Å². The molecule has 0 bridgehead atoms. The van der Waals surface area contributed by atoms with Crippen molar-refractivity contribution in [3.63, 3.8) is 0 Å². The van der Waals surface area contributed by atoms with E-state index in [0.717, 1.165) is 37.8 Å². The average molecular weight is 283 g/mol. The molecule has 0 unspecified atom stereocenters. The third-order valence-corrected chi connectivity index (χ3v) is 3.45. The van der Waals surface area contributed by atoms with Crippen molar-refractivity contribution in [3.05, 3.63) is 29.3 Å². The molecule has 20 heavy (non-hydrogen) atoms. The van der Waals surface area contributed by atoms with Crippen LogP contribution in [0.5, 0.6) is 0 Å². The van der Waals surface area contributed by atoms with E-state index in [1.807, 2.05) is 6.92 Å². The zero-order valence-electron chi connectivity index (χ0n) is 11.4. The lowest BCUT2D eigenvalue weighted by atomic mass is 10.1. The van der Waals surface area contributed by atoms with Gasteiger partial charge in [0.25, 0.3) is 0 Å². The van der Waals surface area contributed by atoms with Crippen LogP contribution in [0.15, 0.2) is 17.3 Å². The summed E-state index contributed by atoms with van der Waals surface area (Å²) in [4.78, 5) is 1.80. The van der Waals surface area contributed by atoms with Gasteiger partial charge in [-0.2, -0.15) is 0 Å². The lowest BCUT2D eigenvalue weighted by molar-refractivity contribution is 0.318. The van der Waals surface area contributed by atoms with Crippen LogP contribution in [0.1, 0.15) is 38.2 Å². The number of unbranched alkanes of at least 4 members (excludes halogenated alkanes) is 1. The first kappa shape index (κ1) is 14.6. The quantitative estimate of drug-likeness (QED) is 0.365. The van der Waals surface area contributed by atoms with E-state index in [0.29, 0.717) is 6.54 Å². The van der Waals surface area contributed by atoms with E-state index in [1.54, 1.807) is 4.90 Å². The van der Waals surface area contributed by atoms with Gasteiger partial charge in [0.2, 0.25) is 0 Å². The minimum atomic E-state index is -0.672. The molecule has 0 atom stereocenters. The highest BCUT2D eigenvalue weighted by Gasteiger charge is 2.32. The van der Waals surface area contributed by atoms with Crippen molar-refractivity contribution in [1.82, 2.24) is 0 Å². The molecule has 1 aromatic carbocycles. The number of hydrogen-bond acceptors (Lipinski definition) is 3. The summed E-state index contributed by atoms with van der Waals surface area (Å²) in [5.74, 6) is -1.65. The van der Waals surface area contributed by atoms with E-state index in [9.17, 15) is 8.78 Å². The number of anilines is 1. The fourth-order valence-electron chi connectivity index (χ4n) is 2.24. The maximum atomic E-state index is 14.2. The summed E-state index contributed by atoms with van der Waals surface area (Å²) < 4.78 is 28.4. The SMILES string of the molecule is CCCCN(c1c(F)cc(C(N)=NO)cc1F)C1CC1. The van der Waals surface area contributed by atoms with Crippen molar-refractivity contribution in [3.8, 4) is 0 Å². The van der Waals surface area contributed by atoms with E-state index >= 15 is 0 Å². The van der Waals surface area contributed by atoms with Gasteiger partial charge in [0.1, 0.15) is 17.3 Å². The predicted molar refractivity (Wildman–Crippen MR) is 74.1 cm³/mol. The summed E-state index contributed by atoms with van der Waals surface area (Å²) in [6.07, 6.45) is 3.78. The van der Waals surface area contributed by atoms with Crippen LogP contribution >= 0.6 is 0 Å². The lowest BCUT2D eigenvalue weighted by Gasteiger charge is -2.25. The number of amidine groups is 1. The van der Waals surface area contributed by atoms with E-state index in [4.69, 9.17) is 10.9 Å². The second-order valence-electron chi connectivity index (χ2n) is 5.05. The van der Waals surface area contributed by atoms with Gasteiger partial charge < -0.3 is 15.8 Å². The van der Waals surface area contributed by atoms with Gasteiger partial charge in [0.05, 0.1) is 0 Å². The zero-order chi connectivity index (χ0) is 14.7. The van der Waals surface area contributed by atoms with Crippen LogP contribution in [0.4, 0.5) is 14.5 Å². The smallest absolute Gasteiger partial charge is 0.170 e. The molecule has 0 saturated heterocycles. The number of hydrogen-bond donors (Lipinski definition) is 2. The number of benzene rings is 1. The Bertz CT molecular complexity index is 492. The molecule has 0 aliphatic heterocycles. The van der Waals surface area contributed by atoms with Crippen molar-refractivity contribution in [2.45, 2.75) is 38.6 Å². The molecule has 6 heteroatoms. The van der Waals surface area contributed by atoms with E-state index in [1.165, 1.54) is 0 Å². The molecule has 0 spiro atoms. The second kappa shape index (κ2) is 6.07. The Balaban J connectivity index is 2.34. The summed E-state index contributed by atoms with van der Waals surface area (Å²) in [7, 11) is 0. The molecule has 1 aromatic rings. The van der Waals surface area contributed by atoms with Crippen LogP contribution < -0.4 is 10.6 Å². The van der Waals surface area contributed by atoms with Gasteiger partial charge in [-0.05, 0) is 31.4 Å². The summed E-state index contributed by atoms with van der Waals surface area (Å²) in [6.45, 7) is 2.68. The second-order valence-corrected chi connectivity index (χ2v) is 5.05. The third kappa shape index (κ3) is 3.00. The molecule has 2 rings (SSSR count). The van der Waals surface area contributed by atoms with Gasteiger partial charge in [-0.15, -0.1) is 0 Å². The molecule has 0 amide bonds. The molecule has 0 radical (unpaired) electrons. The van der Waals surface area contributed by atoms with Crippen LogP contribution in [-0.2, 0) is 0 Å². The number of oxime groups is 1. The van der Waals surface area contributed by atoms with Crippen molar-refractivity contribution < 1.29 is 14.0 Å². The maximum absolute atomic E-state index is 14.2. The maximum Gasteiger partial charge on any atom is 0.170 e. The van der Waals surface area contributed by atoms with Crippen molar-refractivity contribution in [1.29, 1.82) is 0 Å². The van der Waals surface area contributed by atoms with Gasteiger partial charge in [0, 0.05) is 18.2 Å². The van der Waals surface area contributed by atoms with Crippen LogP contribution in [0.2, 0.25) is 0 Å². The van der Waals surface area contributed by atoms with Crippen LogP contribution in [-0.4, -0.2) is 23.6 Å². The lowest BCUT2D eigenvalue weighted by Crippen LogP contribution is -2.29. The summed E-state index contributed by atoms with van der Waals surface area (Å²) >= 11 is 0. The minimum Gasteiger partial charge on any atom is -0.409 e. The Kier molecular flexibility index (Phi) is 4.42. The van der Waals surface area contributed by atoms with Crippen LogP contribution in [0, 0.1) is 11.6 Å². The average Bonchev–Trinajstić information content (AvgIpc) is 3.25. The first-order valence-electron chi connectivity index (χ1n) is 6.82. The Morgan fingerprint density at radius 1 is 1.40 bits per heavy atom. The van der Waals surface area contributed by atoms with Crippen molar-refractivity contribution >= 4 is 11.5 Å². The number of halogens is 2. The Hall–Kier alpha value is -1.85. The predicted octanol–water partition coefficient (Wildman–Crippen LogP) is 2.83. The Morgan fingerprint density at radius 3 is 2.45 bits per heavy atom. The van der Waals surface area contributed by atoms with Crippen molar-refractivity contribution in [2.75, 3.05) is 11.4 Å².